The van der Waals surface area contributed by atoms with Crippen molar-refractivity contribution in [1.29, 1.82) is 0 Å². The molecule has 0 radical (unpaired) electrons. The van der Waals surface area contributed by atoms with E-state index < -0.39 is 21.1 Å². The topological polar surface area (TPSA) is 87.6 Å². The summed E-state index contributed by atoms with van der Waals surface area (Å²) in [5.74, 6) is 0.565. The lowest BCUT2D eigenvalue weighted by molar-refractivity contribution is 0.0748. The molecule has 1 atom stereocenters. The number of hydrogen-bond donors (Lipinski definition) is 1. The molecule has 0 aliphatic carbocycles. The monoisotopic (exact) mass is 316 g/mol. The van der Waals surface area contributed by atoms with E-state index in [2.05, 4.69) is 4.98 Å². The van der Waals surface area contributed by atoms with E-state index in [-0.39, 0.29) is 17.1 Å². The predicted octanol–water partition coefficient (Wildman–Crippen LogP) is 0.737. The van der Waals surface area contributed by atoms with Gasteiger partial charge in [0.2, 0.25) is 0 Å². The average Bonchev–Trinajstić information content (AvgIpc) is 2.46. The first-order chi connectivity index (χ1) is 9.45. The van der Waals surface area contributed by atoms with Gasteiger partial charge < -0.3 is 10.0 Å². The highest BCUT2D eigenvalue weighted by Crippen LogP contribution is 2.24. The third kappa shape index (κ3) is 3.06. The van der Waals surface area contributed by atoms with E-state index in [9.17, 15) is 18.3 Å². The first kappa shape index (κ1) is 15.1. The van der Waals surface area contributed by atoms with Gasteiger partial charge >= 0.3 is 0 Å². The number of nitrogens with zero attached hydrogens (tertiary/aromatic N) is 2. The van der Waals surface area contributed by atoms with Gasteiger partial charge in [-0.05, 0) is 6.07 Å². The van der Waals surface area contributed by atoms with Crippen LogP contribution in [0, 0.1) is 0 Å². The van der Waals surface area contributed by atoms with Crippen molar-refractivity contribution >= 4 is 27.5 Å². The average molecular weight is 316 g/mol. The lowest BCUT2D eigenvalue weighted by Crippen LogP contribution is -2.50. The summed E-state index contributed by atoms with van der Waals surface area (Å²) in [7, 11) is -3.33. The van der Waals surface area contributed by atoms with Crippen LogP contribution in [0.4, 0.5) is 0 Å². The zero-order valence-corrected chi connectivity index (χ0v) is 12.7. The quantitative estimate of drug-likeness (QED) is 0.885. The van der Waals surface area contributed by atoms with Crippen molar-refractivity contribution in [3.8, 4) is 5.75 Å². The van der Waals surface area contributed by atoms with E-state index in [0.29, 0.717) is 18.1 Å². The first-order valence-electron chi connectivity index (χ1n) is 6.20. The second kappa shape index (κ2) is 6.01. The van der Waals surface area contributed by atoms with Gasteiger partial charge in [-0.2, -0.15) is 11.8 Å². The van der Waals surface area contributed by atoms with E-state index in [0.717, 1.165) is 0 Å². The number of thioether (sulfide) groups is 1. The molecule has 6 nitrogen and oxygen atoms in total. The molecule has 1 aliphatic heterocycles. The number of carbonyl (C=O) groups is 1. The van der Waals surface area contributed by atoms with Gasteiger partial charge in [0.15, 0.2) is 9.84 Å². The van der Waals surface area contributed by atoms with Crippen LogP contribution >= 0.6 is 11.8 Å². The van der Waals surface area contributed by atoms with E-state index in [1.54, 1.807) is 6.92 Å². The summed E-state index contributed by atoms with van der Waals surface area (Å²) < 4.78 is 24.2. The van der Waals surface area contributed by atoms with Gasteiger partial charge in [0, 0.05) is 30.0 Å². The molecule has 1 aliphatic rings. The van der Waals surface area contributed by atoms with Gasteiger partial charge in [-0.3, -0.25) is 9.78 Å². The van der Waals surface area contributed by atoms with Crippen LogP contribution in [0.1, 0.15) is 17.3 Å². The van der Waals surface area contributed by atoms with Gasteiger partial charge in [0.1, 0.15) is 11.1 Å². The van der Waals surface area contributed by atoms with Crippen molar-refractivity contribution in [3.05, 3.63) is 24.0 Å². The Labute approximate surface area is 122 Å². The Balaban J connectivity index is 2.31. The third-order valence-corrected chi connectivity index (χ3v) is 6.42. The Morgan fingerprint density at radius 2 is 2.30 bits per heavy atom. The molecular formula is C12H16N2O4S2. The van der Waals surface area contributed by atoms with Gasteiger partial charge in [0.25, 0.3) is 5.91 Å². The Bertz CT molecular complexity index is 603. The molecule has 8 heteroatoms. The molecule has 110 valence electrons. The zero-order chi connectivity index (χ0) is 14.8. The van der Waals surface area contributed by atoms with Crippen LogP contribution in [0.15, 0.2) is 18.5 Å². The van der Waals surface area contributed by atoms with Crippen LogP contribution in [0.5, 0.6) is 5.75 Å². The fourth-order valence-corrected chi connectivity index (χ4v) is 4.98. The first-order valence-corrected chi connectivity index (χ1v) is 9.07. The summed E-state index contributed by atoms with van der Waals surface area (Å²) in [6.45, 7) is 1.95. The maximum Gasteiger partial charge on any atom is 0.256 e. The van der Waals surface area contributed by atoms with Crippen LogP contribution in [0.3, 0.4) is 0 Å². The second-order valence-corrected chi connectivity index (χ2v) is 8.01. The van der Waals surface area contributed by atoms with E-state index in [4.69, 9.17) is 0 Å². The minimum atomic E-state index is -3.33. The van der Waals surface area contributed by atoms with E-state index in [1.165, 1.54) is 35.1 Å². The normalized spacial score (nSPS) is 19.9. The van der Waals surface area contributed by atoms with Crippen LogP contribution in [-0.2, 0) is 9.84 Å². The van der Waals surface area contributed by atoms with Gasteiger partial charge in [-0.15, -0.1) is 0 Å². The standard InChI is InChI=1S/C12H16N2O4S2/c1-2-20(17,18)11-8-19-4-3-14(11)12(16)9-5-10(15)7-13-6-9/h5-7,11,15H,2-4,8H2,1H3. The molecule has 1 unspecified atom stereocenters. The molecule has 1 fully saturated rings. The highest BCUT2D eigenvalue weighted by atomic mass is 32.2. The minimum absolute atomic E-state index is 0.000294. The van der Waals surface area contributed by atoms with Gasteiger partial charge in [-0.1, -0.05) is 6.92 Å². The lowest BCUT2D eigenvalue weighted by Gasteiger charge is -2.34. The molecule has 1 N–H and O–H groups in total. The van der Waals surface area contributed by atoms with E-state index in [1.807, 2.05) is 0 Å². The second-order valence-electron chi connectivity index (χ2n) is 4.41. The van der Waals surface area contributed by atoms with Crippen molar-refractivity contribution < 1.29 is 18.3 Å². The molecule has 0 saturated carbocycles. The summed E-state index contributed by atoms with van der Waals surface area (Å²) in [6.07, 6.45) is 2.56. The van der Waals surface area contributed by atoms with Crippen molar-refractivity contribution in [2.24, 2.45) is 0 Å². The Kier molecular flexibility index (Phi) is 4.54. The fraction of sp³-hybridized carbons (Fsp3) is 0.500. The number of aromatic nitrogens is 1. The Hall–Kier alpha value is -1.28. The maximum atomic E-state index is 12.4. The number of hydrogen-bond acceptors (Lipinski definition) is 6. The third-order valence-electron chi connectivity index (χ3n) is 3.13. The SMILES string of the molecule is CCS(=O)(=O)C1CSCCN1C(=O)c1cncc(O)c1. The predicted molar refractivity (Wildman–Crippen MR) is 77.5 cm³/mol. The van der Waals surface area contributed by atoms with Crippen molar-refractivity contribution in [2.75, 3.05) is 23.8 Å². The van der Waals surface area contributed by atoms with Crippen molar-refractivity contribution in [2.45, 2.75) is 12.3 Å². The van der Waals surface area contributed by atoms with Crippen LogP contribution in [-0.4, -0.2) is 58.5 Å². The molecule has 20 heavy (non-hydrogen) atoms. The molecule has 1 amide bonds. The molecule has 1 aromatic rings. The highest BCUT2D eigenvalue weighted by molar-refractivity contribution is 8.01. The Morgan fingerprint density at radius 1 is 1.55 bits per heavy atom. The molecule has 2 rings (SSSR count). The van der Waals surface area contributed by atoms with Crippen molar-refractivity contribution in [3.63, 3.8) is 0 Å². The summed E-state index contributed by atoms with van der Waals surface area (Å²) >= 11 is 1.53. The molecule has 2 heterocycles. The fourth-order valence-electron chi connectivity index (χ4n) is 2.01. The number of aromatic hydroxyl groups is 1. The molecule has 0 spiro atoms. The van der Waals surface area contributed by atoms with Crippen LogP contribution in [0.25, 0.3) is 0 Å². The van der Waals surface area contributed by atoms with E-state index >= 15 is 0 Å². The number of rotatable bonds is 3. The smallest absolute Gasteiger partial charge is 0.256 e. The lowest BCUT2D eigenvalue weighted by atomic mass is 10.2. The number of pyridine rings is 1. The maximum absolute atomic E-state index is 12.4. The number of sulfone groups is 1. The van der Waals surface area contributed by atoms with Crippen LogP contribution < -0.4 is 0 Å². The molecule has 1 aromatic heterocycles. The summed E-state index contributed by atoms with van der Waals surface area (Å²) in [5.41, 5.74) is 0.202. The summed E-state index contributed by atoms with van der Waals surface area (Å²) in [6, 6.07) is 1.30. The summed E-state index contributed by atoms with van der Waals surface area (Å²) in [5, 5.41) is 8.57. The minimum Gasteiger partial charge on any atom is -0.506 e. The molecule has 0 bridgehead atoms. The zero-order valence-electron chi connectivity index (χ0n) is 11.0. The number of amides is 1. The molecule has 1 saturated heterocycles. The highest BCUT2D eigenvalue weighted by Gasteiger charge is 2.36. The summed E-state index contributed by atoms with van der Waals surface area (Å²) in [4.78, 5) is 17.5. The number of carbonyl (C=O) groups excluding carboxylic acids is 1. The largest absolute Gasteiger partial charge is 0.506 e. The molecular weight excluding hydrogens is 300 g/mol. The molecule has 0 aromatic carbocycles. The Morgan fingerprint density at radius 3 is 2.95 bits per heavy atom. The van der Waals surface area contributed by atoms with Gasteiger partial charge in [0.05, 0.1) is 11.8 Å². The van der Waals surface area contributed by atoms with Crippen molar-refractivity contribution in [1.82, 2.24) is 9.88 Å². The van der Waals surface area contributed by atoms with Gasteiger partial charge in [-0.25, -0.2) is 8.42 Å². The van der Waals surface area contributed by atoms with Crippen LogP contribution in [0.2, 0.25) is 0 Å².